The number of para-hydroxylation sites is 1. The Balaban J connectivity index is 1.42. The van der Waals surface area contributed by atoms with Crippen LogP contribution in [0, 0.1) is 11.3 Å². The molecule has 0 amide bonds. The van der Waals surface area contributed by atoms with Crippen LogP contribution in [-0.4, -0.2) is 37.6 Å². The van der Waals surface area contributed by atoms with Crippen LogP contribution in [0.5, 0.6) is 0 Å². The summed E-state index contributed by atoms with van der Waals surface area (Å²) in [5, 5.41) is 0. The molecule has 1 aromatic carbocycles. The lowest BCUT2D eigenvalue weighted by Gasteiger charge is -2.39. The molecule has 1 aromatic rings. The van der Waals surface area contributed by atoms with Gasteiger partial charge in [0.05, 0.1) is 0 Å². The van der Waals surface area contributed by atoms with Gasteiger partial charge in [-0.1, -0.05) is 32.0 Å². The minimum absolute atomic E-state index is 0.555. The Morgan fingerprint density at radius 3 is 2.25 bits per heavy atom. The normalized spacial score (nSPS) is 25.8. The van der Waals surface area contributed by atoms with E-state index in [9.17, 15) is 0 Å². The van der Waals surface area contributed by atoms with Crippen molar-refractivity contribution >= 4 is 5.69 Å². The molecule has 0 atom stereocenters. The highest BCUT2D eigenvalue weighted by molar-refractivity contribution is 5.55. The topological polar surface area (TPSA) is 6.48 Å². The fourth-order valence-corrected chi connectivity index (χ4v) is 4.67. The van der Waals surface area contributed by atoms with E-state index in [0.717, 1.165) is 11.8 Å². The van der Waals surface area contributed by atoms with Crippen molar-refractivity contribution in [3.8, 4) is 0 Å². The van der Waals surface area contributed by atoms with Gasteiger partial charge in [0.25, 0.3) is 0 Å². The second-order valence-corrected chi connectivity index (χ2v) is 9.23. The summed E-state index contributed by atoms with van der Waals surface area (Å²) >= 11 is 0. The Bertz CT molecular complexity index is 543. The Kier molecular flexibility index (Phi) is 4.60. The van der Waals surface area contributed by atoms with Gasteiger partial charge >= 0.3 is 0 Å². The molecule has 0 bridgehead atoms. The van der Waals surface area contributed by atoms with Crippen LogP contribution >= 0.6 is 0 Å². The number of hydrogen-bond acceptors (Lipinski definition) is 2. The van der Waals surface area contributed by atoms with Gasteiger partial charge in [0.2, 0.25) is 0 Å². The van der Waals surface area contributed by atoms with Gasteiger partial charge < -0.3 is 4.90 Å². The lowest BCUT2D eigenvalue weighted by atomic mass is 9.71. The van der Waals surface area contributed by atoms with Crippen LogP contribution in [0.4, 0.5) is 5.69 Å². The van der Waals surface area contributed by atoms with Crippen LogP contribution in [0.1, 0.15) is 63.9 Å². The highest BCUT2D eigenvalue weighted by atomic mass is 15.3. The van der Waals surface area contributed by atoms with Crippen LogP contribution in [0.2, 0.25) is 0 Å². The summed E-state index contributed by atoms with van der Waals surface area (Å²) in [5.74, 6) is 1.80. The highest BCUT2D eigenvalue weighted by Gasteiger charge is 2.30. The smallest absolute Gasteiger partial charge is 0.0402 e. The third-order valence-electron chi connectivity index (χ3n) is 6.64. The maximum atomic E-state index is 2.69. The SMILES string of the molecule is CC1(C)CCC(c2ccccc2N2CCN(CC3CC3)CC2)CC1. The van der Waals surface area contributed by atoms with Crippen molar-refractivity contribution < 1.29 is 0 Å². The van der Waals surface area contributed by atoms with Crippen LogP contribution in [0.3, 0.4) is 0 Å². The zero-order valence-electron chi connectivity index (χ0n) is 15.6. The van der Waals surface area contributed by atoms with E-state index >= 15 is 0 Å². The molecule has 1 aliphatic heterocycles. The molecule has 3 fully saturated rings. The largest absolute Gasteiger partial charge is 0.369 e. The molecule has 24 heavy (non-hydrogen) atoms. The van der Waals surface area contributed by atoms with Gasteiger partial charge in [-0.15, -0.1) is 0 Å². The molecule has 2 saturated carbocycles. The standard InChI is InChI=1S/C22H34N2/c1-22(2)11-9-19(10-12-22)20-5-3-4-6-21(20)24-15-13-23(14-16-24)17-18-7-8-18/h3-6,18-19H,7-17H2,1-2H3. The monoisotopic (exact) mass is 326 g/mol. The van der Waals surface area contributed by atoms with Crippen molar-refractivity contribution in [3.05, 3.63) is 29.8 Å². The van der Waals surface area contributed by atoms with E-state index in [1.807, 2.05) is 0 Å². The summed E-state index contributed by atoms with van der Waals surface area (Å²) in [4.78, 5) is 5.36. The summed E-state index contributed by atoms with van der Waals surface area (Å²) in [6.45, 7) is 11.2. The van der Waals surface area contributed by atoms with E-state index in [0.29, 0.717) is 5.41 Å². The van der Waals surface area contributed by atoms with Crippen LogP contribution in [-0.2, 0) is 0 Å². The van der Waals surface area contributed by atoms with E-state index in [4.69, 9.17) is 0 Å². The maximum absolute atomic E-state index is 2.69. The van der Waals surface area contributed by atoms with Gasteiger partial charge in [0.1, 0.15) is 0 Å². The number of anilines is 1. The Hall–Kier alpha value is -1.02. The number of nitrogens with zero attached hydrogens (tertiary/aromatic N) is 2. The minimum Gasteiger partial charge on any atom is -0.369 e. The molecule has 2 nitrogen and oxygen atoms in total. The molecule has 0 spiro atoms. The molecular formula is C22H34N2. The number of benzene rings is 1. The molecule has 0 N–H and O–H groups in total. The average Bonchev–Trinajstić information content (AvgIpc) is 3.40. The van der Waals surface area contributed by atoms with Crippen molar-refractivity contribution in [2.45, 2.75) is 58.3 Å². The minimum atomic E-state index is 0.555. The number of piperazine rings is 1. The van der Waals surface area contributed by atoms with E-state index in [1.165, 1.54) is 76.9 Å². The van der Waals surface area contributed by atoms with E-state index in [1.54, 1.807) is 5.56 Å². The molecule has 0 unspecified atom stereocenters. The summed E-state index contributed by atoms with van der Waals surface area (Å²) in [6, 6.07) is 9.28. The molecule has 4 rings (SSSR count). The number of hydrogen-bond donors (Lipinski definition) is 0. The van der Waals surface area contributed by atoms with Crippen LogP contribution in [0.15, 0.2) is 24.3 Å². The van der Waals surface area contributed by atoms with Crippen molar-refractivity contribution in [1.29, 1.82) is 0 Å². The molecule has 0 radical (unpaired) electrons. The molecule has 132 valence electrons. The fourth-order valence-electron chi connectivity index (χ4n) is 4.67. The van der Waals surface area contributed by atoms with E-state index in [-0.39, 0.29) is 0 Å². The van der Waals surface area contributed by atoms with Crippen LogP contribution in [0.25, 0.3) is 0 Å². The van der Waals surface area contributed by atoms with Gasteiger partial charge in [0, 0.05) is 38.4 Å². The zero-order valence-corrected chi connectivity index (χ0v) is 15.6. The summed E-state index contributed by atoms with van der Waals surface area (Å²) in [7, 11) is 0. The van der Waals surface area contributed by atoms with Crippen LogP contribution < -0.4 is 4.90 Å². The molecule has 1 saturated heterocycles. The predicted molar refractivity (Wildman–Crippen MR) is 103 cm³/mol. The van der Waals surface area contributed by atoms with E-state index < -0.39 is 0 Å². The quantitative estimate of drug-likeness (QED) is 0.776. The first-order valence-corrected chi connectivity index (χ1v) is 10.2. The highest BCUT2D eigenvalue weighted by Crippen LogP contribution is 2.44. The first-order valence-electron chi connectivity index (χ1n) is 10.2. The average molecular weight is 327 g/mol. The lowest BCUT2D eigenvalue weighted by molar-refractivity contribution is 0.224. The third-order valence-corrected chi connectivity index (χ3v) is 6.64. The third kappa shape index (κ3) is 3.79. The van der Waals surface area contributed by atoms with Crippen molar-refractivity contribution in [2.24, 2.45) is 11.3 Å². The first kappa shape index (κ1) is 16.4. The molecule has 2 heteroatoms. The number of rotatable bonds is 4. The van der Waals surface area contributed by atoms with Gasteiger partial charge in [0.15, 0.2) is 0 Å². The Labute approximate surface area is 148 Å². The zero-order chi connectivity index (χ0) is 16.6. The Morgan fingerprint density at radius 2 is 1.58 bits per heavy atom. The predicted octanol–water partition coefficient (Wildman–Crippen LogP) is 4.90. The molecule has 0 aromatic heterocycles. The summed E-state index contributed by atoms with van der Waals surface area (Å²) in [5.41, 5.74) is 3.72. The summed E-state index contributed by atoms with van der Waals surface area (Å²) in [6.07, 6.45) is 8.43. The maximum Gasteiger partial charge on any atom is 0.0402 e. The fraction of sp³-hybridized carbons (Fsp3) is 0.727. The summed E-state index contributed by atoms with van der Waals surface area (Å²) < 4.78 is 0. The molecular weight excluding hydrogens is 292 g/mol. The lowest BCUT2D eigenvalue weighted by Crippen LogP contribution is -2.47. The molecule has 2 aliphatic carbocycles. The van der Waals surface area contributed by atoms with Gasteiger partial charge in [-0.25, -0.2) is 0 Å². The van der Waals surface area contributed by atoms with Gasteiger partial charge in [-0.3, -0.25) is 4.90 Å². The van der Waals surface area contributed by atoms with Crippen molar-refractivity contribution in [3.63, 3.8) is 0 Å². The first-order chi connectivity index (χ1) is 11.6. The van der Waals surface area contributed by atoms with E-state index in [2.05, 4.69) is 47.9 Å². The van der Waals surface area contributed by atoms with Gasteiger partial charge in [-0.05, 0) is 67.4 Å². The van der Waals surface area contributed by atoms with Crippen molar-refractivity contribution in [2.75, 3.05) is 37.6 Å². The molecule has 1 heterocycles. The van der Waals surface area contributed by atoms with Crippen molar-refractivity contribution in [1.82, 2.24) is 4.90 Å². The second-order valence-electron chi connectivity index (χ2n) is 9.23. The van der Waals surface area contributed by atoms with Gasteiger partial charge in [-0.2, -0.15) is 0 Å². The Morgan fingerprint density at radius 1 is 0.917 bits per heavy atom. The second kappa shape index (κ2) is 6.71. The molecule has 3 aliphatic rings.